The molecule has 2 rings (SSSR count). The number of rotatable bonds is 4. The van der Waals surface area contributed by atoms with Crippen molar-refractivity contribution in [3.8, 4) is 0 Å². The van der Waals surface area contributed by atoms with Crippen molar-refractivity contribution in [1.29, 1.82) is 0 Å². The molecule has 2 heterocycles. The summed E-state index contributed by atoms with van der Waals surface area (Å²) in [6.07, 6.45) is 2.45. The second-order valence-electron chi connectivity index (χ2n) is 4.38. The molecule has 1 amide bonds. The average molecular weight is 291 g/mol. The molecule has 0 aliphatic heterocycles. The van der Waals surface area contributed by atoms with Crippen LogP contribution in [-0.2, 0) is 7.05 Å². The number of carbonyl (C=O) groups is 1. The molecule has 21 heavy (non-hydrogen) atoms. The standard InChI is InChI=1S/C11H13N7O3/c1-6(10-16-14-5-17(10)2)15-11(19)7-3-9(12)13-4-8(7)18(20)21/h3-6H,1-2H3,(H2,12,13)(H,15,19). The number of aromatic nitrogens is 4. The summed E-state index contributed by atoms with van der Waals surface area (Å²) < 4.78 is 1.64. The Kier molecular flexibility index (Phi) is 3.78. The zero-order valence-corrected chi connectivity index (χ0v) is 11.3. The minimum Gasteiger partial charge on any atom is -0.384 e. The number of amides is 1. The lowest BCUT2D eigenvalue weighted by Gasteiger charge is -2.13. The fourth-order valence-corrected chi connectivity index (χ4v) is 1.81. The zero-order valence-electron chi connectivity index (χ0n) is 11.3. The van der Waals surface area contributed by atoms with Crippen LogP contribution >= 0.6 is 0 Å². The van der Waals surface area contributed by atoms with Crippen LogP contribution in [0.4, 0.5) is 11.5 Å². The molecule has 1 atom stereocenters. The molecule has 110 valence electrons. The summed E-state index contributed by atoms with van der Waals surface area (Å²) in [5.41, 5.74) is 4.91. The van der Waals surface area contributed by atoms with Gasteiger partial charge in [-0.2, -0.15) is 0 Å². The van der Waals surface area contributed by atoms with E-state index in [1.807, 2.05) is 0 Å². The number of carbonyl (C=O) groups excluding carboxylic acids is 1. The van der Waals surface area contributed by atoms with Gasteiger partial charge < -0.3 is 15.6 Å². The van der Waals surface area contributed by atoms with E-state index in [4.69, 9.17) is 5.73 Å². The van der Waals surface area contributed by atoms with Gasteiger partial charge in [0.25, 0.3) is 11.6 Å². The van der Waals surface area contributed by atoms with Crippen LogP contribution in [0.3, 0.4) is 0 Å². The van der Waals surface area contributed by atoms with Gasteiger partial charge in [-0.25, -0.2) is 4.98 Å². The van der Waals surface area contributed by atoms with Crippen LogP contribution in [0.5, 0.6) is 0 Å². The fourth-order valence-electron chi connectivity index (χ4n) is 1.81. The Hall–Kier alpha value is -3.04. The third-order valence-corrected chi connectivity index (χ3v) is 2.83. The lowest BCUT2D eigenvalue weighted by Crippen LogP contribution is -2.29. The van der Waals surface area contributed by atoms with Gasteiger partial charge in [0.15, 0.2) is 5.82 Å². The van der Waals surface area contributed by atoms with Crippen LogP contribution in [-0.4, -0.2) is 30.6 Å². The van der Waals surface area contributed by atoms with Crippen LogP contribution in [0.1, 0.15) is 29.1 Å². The summed E-state index contributed by atoms with van der Waals surface area (Å²) in [6.45, 7) is 1.69. The molecule has 2 aromatic rings. The van der Waals surface area contributed by atoms with Crippen molar-refractivity contribution in [2.75, 3.05) is 5.73 Å². The summed E-state index contributed by atoms with van der Waals surface area (Å²) in [5.74, 6) is -0.0867. The Labute approximate surface area is 119 Å². The van der Waals surface area contributed by atoms with E-state index in [0.717, 1.165) is 12.3 Å². The lowest BCUT2D eigenvalue weighted by molar-refractivity contribution is -0.385. The molecule has 1 unspecified atom stereocenters. The number of nitrogens with one attached hydrogen (secondary N) is 1. The zero-order chi connectivity index (χ0) is 15.6. The quantitative estimate of drug-likeness (QED) is 0.604. The van der Waals surface area contributed by atoms with Gasteiger partial charge in [0, 0.05) is 7.05 Å². The van der Waals surface area contributed by atoms with Crippen LogP contribution in [0, 0.1) is 10.1 Å². The van der Waals surface area contributed by atoms with E-state index in [0.29, 0.717) is 5.82 Å². The number of anilines is 1. The van der Waals surface area contributed by atoms with Crippen molar-refractivity contribution >= 4 is 17.4 Å². The Morgan fingerprint density at radius 2 is 2.29 bits per heavy atom. The first kappa shape index (κ1) is 14.4. The second-order valence-corrected chi connectivity index (χ2v) is 4.38. The fraction of sp³-hybridized carbons (Fsp3) is 0.273. The van der Waals surface area contributed by atoms with E-state index in [9.17, 15) is 14.9 Å². The highest BCUT2D eigenvalue weighted by molar-refractivity contribution is 5.98. The number of nitrogens with two attached hydrogens (primary N) is 1. The maximum absolute atomic E-state index is 12.2. The number of nitrogen functional groups attached to an aromatic ring is 1. The normalized spacial score (nSPS) is 11.9. The van der Waals surface area contributed by atoms with Gasteiger partial charge in [0.1, 0.15) is 23.9 Å². The first-order chi connectivity index (χ1) is 9.90. The molecule has 0 aliphatic rings. The number of hydrogen-bond acceptors (Lipinski definition) is 7. The minimum atomic E-state index is -0.686. The van der Waals surface area contributed by atoms with E-state index in [2.05, 4.69) is 20.5 Å². The largest absolute Gasteiger partial charge is 0.384 e. The molecule has 10 nitrogen and oxygen atoms in total. The van der Waals surface area contributed by atoms with E-state index in [-0.39, 0.29) is 11.4 Å². The summed E-state index contributed by atoms with van der Waals surface area (Å²) in [7, 11) is 1.73. The lowest BCUT2D eigenvalue weighted by atomic mass is 10.2. The van der Waals surface area contributed by atoms with E-state index in [1.165, 1.54) is 6.33 Å². The molecule has 0 saturated carbocycles. The molecule has 0 bridgehead atoms. The third kappa shape index (κ3) is 2.94. The summed E-state index contributed by atoms with van der Waals surface area (Å²) in [4.78, 5) is 26.0. The number of aryl methyl sites for hydroxylation is 1. The van der Waals surface area contributed by atoms with Gasteiger partial charge in [0.05, 0.1) is 11.0 Å². The van der Waals surface area contributed by atoms with Crippen molar-refractivity contribution in [3.63, 3.8) is 0 Å². The highest BCUT2D eigenvalue weighted by Crippen LogP contribution is 2.20. The number of nitro groups is 1. The second kappa shape index (κ2) is 5.53. The summed E-state index contributed by atoms with van der Waals surface area (Å²) in [6, 6.07) is 0.690. The molecule has 10 heteroatoms. The Morgan fingerprint density at radius 3 is 2.86 bits per heavy atom. The van der Waals surface area contributed by atoms with E-state index in [1.54, 1.807) is 18.5 Å². The smallest absolute Gasteiger partial charge is 0.300 e. The van der Waals surface area contributed by atoms with Gasteiger partial charge in [0.2, 0.25) is 0 Å². The number of hydrogen-bond donors (Lipinski definition) is 2. The molecule has 0 fully saturated rings. The predicted octanol–water partition coefficient (Wildman–Crippen LogP) is 0.191. The maximum atomic E-state index is 12.2. The first-order valence-corrected chi connectivity index (χ1v) is 5.94. The summed E-state index contributed by atoms with van der Waals surface area (Å²) in [5, 5.41) is 21.1. The number of pyridine rings is 1. The highest BCUT2D eigenvalue weighted by atomic mass is 16.6. The van der Waals surface area contributed by atoms with Crippen LogP contribution in [0.25, 0.3) is 0 Å². The molecular weight excluding hydrogens is 278 g/mol. The monoisotopic (exact) mass is 291 g/mol. The predicted molar refractivity (Wildman–Crippen MR) is 72.2 cm³/mol. The molecule has 0 saturated heterocycles. The molecule has 0 spiro atoms. The molecule has 2 aromatic heterocycles. The Bertz CT molecular complexity index is 697. The number of nitrogens with zero attached hydrogens (tertiary/aromatic N) is 5. The summed E-state index contributed by atoms with van der Waals surface area (Å²) >= 11 is 0. The van der Waals surface area contributed by atoms with Gasteiger partial charge in [-0.3, -0.25) is 14.9 Å². The average Bonchev–Trinajstić information content (AvgIpc) is 2.84. The van der Waals surface area contributed by atoms with Crippen LogP contribution in [0.15, 0.2) is 18.6 Å². The Morgan fingerprint density at radius 1 is 1.57 bits per heavy atom. The Balaban J connectivity index is 2.27. The van der Waals surface area contributed by atoms with Gasteiger partial charge in [-0.1, -0.05) is 0 Å². The van der Waals surface area contributed by atoms with Crippen molar-refractivity contribution in [3.05, 3.63) is 40.1 Å². The van der Waals surface area contributed by atoms with Crippen molar-refractivity contribution in [2.24, 2.45) is 7.05 Å². The molecule has 0 aliphatic carbocycles. The van der Waals surface area contributed by atoms with Crippen molar-refractivity contribution < 1.29 is 9.72 Å². The van der Waals surface area contributed by atoms with Crippen molar-refractivity contribution in [2.45, 2.75) is 13.0 Å². The third-order valence-electron chi connectivity index (χ3n) is 2.83. The highest BCUT2D eigenvalue weighted by Gasteiger charge is 2.23. The van der Waals surface area contributed by atoms with Gasteiger partial charge >= 0.3 is 0 Å². The van der Waals surface area contributed by atoms with Crippen LogP contribution in [0.2, 0.25) is 0 Å². The van der Waals surface area contributed by atoms with Gasteiger partial charge in [-0.05, 0) is 13.0 Å². The van der Waals surface area contributed by atoms with Crippen molar-refractivity contribution in [1.82, 2.24) is 25.1 Å². The molecule has 0 aromatic carbocycles. The van der Waals surface area contributed by atoms with Gasteiger partial charge in [-0.15, -0.1) is 10.2 Å². The maximum Gasteiger partial charge on any atom is 0.300 e. The molecule has 0 radical (unpaired) electrons. The minimum absolute atomic E-state index is 0.0251. The molecular formula is C11H13N7O3. The topological polar surface area (TPSA) is 142 Å². The van der Waals surface area contributed by atoms with E-state index < -0.39 is 22.6 Å². The SMILES string of the molecule is CC(NC(=O)c1cc(N)ncc1[N+](=O)[O-])c1nncn1C. The van der Waals surface area contributed by atoms with E-state index >= 15 is 0 Å². The van der Waals surface area contributed by atoms with Crippen LogP contribution < -0.4 is 11.1 Å². The molecule has 3 N–H and O–H groups in total. The first-order valence-electron chi connectivity index (χ1n) is 5.94.